The summed E-state index contributed by atoms with van der Waals surface area (Å²) in [6.45, 7) is 2.34. The molecule has 96 valence electrons. The van der Waals surface area contributed by atoms with Gasteiger partial charge in [0.15, 0.2) is 0 Å². The van der Waals surface area contributed by atoms with Crippen LogP contribution in [0.1, 0.15) is 11.3 Å². The zero-order chi connectivity index (χ0) is 13.3. The Morgan fingerprint density at radius 2 is 2.11 bits per heavy atom. The fourth-order valence-electron chi connectivity index (χ4n) is 2.11. The zero-order valence-corrected chi connectivity index (χ0v) is 11.5. The molecule has 18 heavy (non-hydrogen) atoms. The van der Waals surface area contributed by atoms with Gasteiger partial charge in [0.2, 0.25) is 0 Å². The van der Waals surface area contributed by atoms with Crippen molar-refractivity contribution in [2.45, 2.75) is 13.5 Å². The molecule has 0 atom stereocenters. The van der Waals surface area contributed by atoms with Gasteiger partial charge < -0.3 is 10.5 Å². The third-order valence-corrected chi connectivity index (χ3v) is 3.05. The number of methoxy groups -OCH3 is 1. The molecule has 2 aromatic rings. The number of rotatable bonds is 3. The first-order chi connectivity index (χ1) is 8.56. The lowest BCUT2D eigenvalue weighted by atomic mass is 10.0. The van der Waals surface area contributed by atoms with Crippen molar-refractivity contribution in [2.24, 2.45) is 12.8 Å². The van der Waals surface area contributed by atoms with Crippen molar-refractivity contribution in [3.8, 4) is 16.9 Å². The second kappa shape index (κ2) is 5.00. The number of ether oxygens (including phenoxy) is 1. The Hall–Kier alpha value is -1.52. The molecule has 0 fully saturated rings. The number of nitrogens with zero attached hydrogens (tertiary/aromatic N) is 2. The van der Waals surface area contributed by atoms with Crippen LogP contribution in [0.2, 0.25) is 5.02 Å². The van der Waals surface area contributed by atoms with Gasteiger partial charge in [0.1, 0.15) is 5.75 Å². The number of hydrogen-bond acceptors (Lipinski definition) is 3. The SMILES string of the molecule is COc1c(C)cc(Cl)cc1-c1cn(C)nc1CN. The Morgan fingerprint density at radius 1 is 1.39 bits per heavy atom. The number of aryl methyl sites for hydroxylation is 2. The molecule has 0 saturated heterocycles. The molecule has 0 aliphatic heterocycles. The lowest BCUT2D eigenvalue weighted by Crippen LogP contribution is -2.00. The molecule has 0 unspecified atom stereocenters. The van der Waals surface area contributed by atoms with Gasteiger partial charge in [0.05, 0.1) is 12.8 Å². The zero-order valence-electron chi connectivity index (χ0n) is 10.7. The quantitative estimate of drug-likeness (QED) is 0.928. The van der Waals surface area contributed by atoms with Crippen molar-refractivity contribution in [1.29, 1.82) is 0 Å². The molecule has 0 bridgehead atoms. The van der Waals surface area contributed by atoms with Gasteiger partial charge in [-0.25, -0.2) is 0 Å². The Bertz CT molecular complexity index is 578. The van der Waals surface area contributed by atoms with E-state index < -0.39 is 0 Å². The van der Waals surface area contributed by atoms with Crippen molar-refractivity contribution in [3.63, 3.8) is 0 Å². The van der Waals surface area contributed by atoms with E-state index in [9.17, 15) is 0 Å². The first-order valence-corrected chi connectivity index (χ1v) is 6.01. The summed E-state index contributed by atoms with van der Waals surface area (Å²) < 4.78 is 7.20. The minimum absolute atomic E-state index is 0.380. The highest BCUT2D eigenvalue weighted by Crippen LogP contribution is 2.36. The maximum Gasteiger partial charge on any atom is 0.129 e. The summed E-state index contributed by atoms with van der Waals surface area (Å²) in [7, 11) is 3.52. The molecule has 2 rings (SSSR count). The van der Waals surface area contributed by atoms with Gasteiger partial charge in [0, 0.05) is 35.9 Å². The molecular formula is C13H16ClN3O. The maximum atomic E-state index is 6.12. The van der Waals surface area contributed by atoms with Gasteiger partial charge in [-0.05, 0) is 24.6 Å². The summed E-state index contributed by atoms with van der Waals surface area (Å²) >= 11 is 6.12. The molecule has 0 amide bonds. The van der Waals surface area contributed by atoms with Crippen LogP contribution in [0.15, 0.2) is 18.3 Å². The smallest absolute Gasteiger partial charge is 0.129 e. The van der Waals surface area contributed by atoms with Crippen molar-refractivity contribution in [1.82, 2.24) is 9.78 Å². The van der Waals surface area contributed by atoms with E-state index in [1.807, 2.05) is 32.3 Å². The third kappa shape index (κ3) is 2.21. The predicted molar refractivity (Wildman–Crippen MR) is 72.8 cm³/mol. The van der Waals surface area contributed by atoms with E-state index in [-0.39, 0.29) is 0 Å². The Kier molecular flexibility index (Phi) is 3.59. The summed E-state index contributed by atoms with van der Waals surface area (Å²) in [4.78, 5) is 0. The van der Waals surface area contributed by atoms with Gasteiger partial charge >= 0.3 is 0 Å². The van der Waals surface area contributed by atoms with Gasteiger partial charge in [-0.15, -0.1) is 0 Å². The van der Waals surface area contributed by atoms with Gasteiger partial charge in [-0.2, -0.15) is 5.10 Å². The topological polar surface area (TPSA) is 53.1 Å². The highest BCUT2D eigenvalue weighted by Gasteiger charge is 2.15. The van der Waals surface area contributed by atoms with Crippen LogP contribution in [0, 0.1) is 6.92 Å². The molecule has 0 aliphatic rings. The van der Waals surface area contributed by atoms with Crippen LogP contribution in [-0.2, 0) is 13.6 Å². The number of halogens is 1. The normalized spacial score (nSPS) is 10.7. The van der Waals surface area contributed by atoms with Gasteiger partial charge in [-0.1, -0.05) is 11.6 Å². The Labute approximate surface area is 111 Å². The second-order valence-electron chi connectivity index (χ2n) is 4.17. The molecule has 0 saturated carbocycles. The first kappa shape index (κ1) is 12.9. The van der Waals surface area contributed by atoms with Crippen molar-refractivity contribution < 1.29 is 4.74 Å². The van der Waals surface area contributed by atoms with Crippen molar-refractivity contribution in [2.75, 3.05) is 7.11 Å². The minimum atomic E-state index is 0.380. The Balaban J connectivity index is 2.69. The predicted octanol–water partition coefficient (Wildman–Crippen LogP) is 2.52. The molecule has 0 spiro atoms. The van der Waals surface area contributed by atoms with E-state index in [0.29, 0.717) is 11.6 Å². The van der Waals surface area contributed by atoms with E-state index in [1.54, 1.807) is 11.8 Å². The van der Waals surface area contributed by atoms with Gasteiger partial charge in [0.25, 0.3) is 0 Å². The van der Waals surface area contributed by atoms with Crippen molar-refractivity contribution >= 4 is 11.6 Å². The van der Waals surface area contributed by atoms with Crippen LogP contribution in [0.25, 0.3) is 11.1 Å². The van der Waals surface area contributed by atoms with Crippen LogP contribution in [0.4, 0.5) is 0 Å². The molecule has 1 heterocycles. The summed E-state index contributed by atoms with van der Waals surface area (Å²) in [6, 6.07) is 3.76. The average Bonchev–Trinajstić information content (AvgIpc) is 2.69. The standard InChI is InChI=1S/C13H16ClN3O/c1-8-4-9(14)5-10(13(8)18-3)11-7-17(2)16-12(11)6-15/h4-5,7H,6,15H2,1-3H3. The first-order valence-electron chi connectivity index (χ1n) is 5.64. The van der Waals surface area contributed by atoms with E-state index in [2.05, 4.69) is 5.10 Å². The van der Waals surface area contributed by atoms with Crippen molar-refractivity contribution in [3.05, 3.63) is 34.6 Å². The largest absolute Gasteiger partial charge is 0.496 e. The fraction of sp³-hybridized carbons (Fsp3) is 0.308. The molecule has 0 radical (unpaired) electrons. The highest BCUT2D eigenvalue weighted by atomic mass is 35.5. The molecule has 5 heteroatoms. The summed E-state index contributed by atoms with van der Waals surface area (Å²) in [5, 5.41) is 5.01. The monoisotopic (exact) mass is 265 g/mol. The number of nitrogens with two attached hydrogens (primary N) is 1. The van der Waals surface area contributed by atoms with Crippen LogP contribution < -0.4 is 10.5 Å². The Morgan fingerprint density at radius 3 is 2.72 bits per heavy atom. The third-order valence-electron chi connectivity index (χ3n) is 2.83. The molecule has 0 aliphatic carbocycles. The maximum absolute atomic E-state index is 6.12. The second-order valence-corrected chi connectivity index (χ2v) is 4.61. The van der Waals surface area contributed by atoms with Crippen LogP contribution >= 0.6 is 11.6 Å². The molecule has 4 nitrogen and oxygen atoms in total. The fourth-order valence-corrected chi connectivity index (χ4v) is 2.38. The molecule has 1 aromatic heterocycles. The number of aromatic nitrogens is 2. The molecule has 2 N–H and O–H groups in total. The van der Waals surface area contributed by atoms with E-state index in [1.165, 1.54) is 0 Å². The van der Waals surface area contributed by atoms with E-state index in [0.717, 1.165) is 28.1 Å². The molecular weight excluding hydrogens is 250 g/mol. The molecule has 1 aromatic carbocycles. The number of benzene rings is 1. The lowest BCUT2D eigenvalue weighted by Gasteiger charge is -2.11. The number of hydrogen-bond donors (Lipinski definition) is 1. The van der Waals surface area contributed by atoms with Crippen LogP contribution in [-0.4, -0.2) is 16.9 Å². The van der Waals surface area contributed by atoms with Gasteiger partial charge in [-0.3, -0.25) is 4.68 Å². The highest BCUT2D eigenvalue weighted by molar-refractivity contribution is 6.31. The average molecular weight is 266 g/mol. The van der Waals surface area contributed by atoms with E-state index in [4.69, 9.17) is 22.1 Å². The van der Waals surface area contributed by atoms with Crippen LogP contribution in [0.3, 0.4) is 0 Å². The summed E-state index contributed by atoms with van der Waals surface area (Å²) in [5.74, 6) is 0.808. The summed E-state index contributed by atoms with van der Waals surface area (Å²) in [5.41, 5.74) is 9.43. The summed E-state index contributed by atoms with van der Waals surface area (Å²) in [6.07, 6.45) is 1.93. The van der Waals surface area contributed by atoms with Crippen LogP contribution in [0.5, 0.6) is 5.75 Å². The van der Waals surface area contributed by atoms with E-state index >= 15 is 0 Å². The lowest BCUT2D eigenvalue weighted by molar-refractivity contribution is 0.413. The minimum Gasteiger partial charge on any atom is -0.496 e.